The van der Waals surface area contributed by atoms with Gasteiger partial charge in [-0.3, -0.25) is 4.79 Å². The number of fused-ring (bicyclic) bond motifs is 1. The van der Waals surface area contributed by atoms with Crippen molar-refractivity contribution in [3.63, 3.8) is 0 Å². The fourth-order valence-electron chi connectivity index (χ4n) is 3.14. The molecule has 3 aromatic rings. The van der Waals surface area contributed by atoms with Crippen LogP contribution in [0.1, 0.15) is 23.0 Å². The molecule has 1 aromatic carbocycles. The Labute approximate surface area is 194 Å². The average Bonchev–Trinajstić information content (AvgIpc) is 3.11. The van der Waals surface area contributed by atoms with Crippen LogP contribution in [0.2, 0.25) is 5.02 Å². The van der Waals surface area contributed by atoms with Gasteiger partial charge in [-0.05, 0) is 67.5 Å². The maximum Gasteiger partial charge on any atom is 0.274 e. The summed E-state index contributed by atoms with van der Waals surface area (Å²) in [5, 5.41) is 8.75. The number of carbonyl (C=O) groups is 1. The summed E-state index contributed by atoms with van der Waals surface area (Å²) in [6, 6.07) is 8.50. The minimum atomic E-state index is -3.60. The van der Waals surface area contributed by atoms with Crippen molar-refractivity contribution < 1.29 is 13.2 Å². The van der Waals surface area contributed by atoms with Gasteiger partial charge in [-0.15, -0.1) is 11.3 Å². The van der Waals surface area contributed by atoms with E-state index >= 15 is 0 Å². The van der Waals surface area contributed by atoms with Gasteiger partial charge in [0, 0.05) is 22.0 Å². The first-order valence-electron chi connectivity index (χ1n) is 8.96. The number of nitrogens with zero attached hydrogens (tertiary/aromatic N) is 1. The summed E-state index contributed by atoms with van der Waals surface area (Å²) in [5.74, 6) is -0.681. The van der Waals surface area contributed by atoms with E-state index in [0.717, 1.165) is 10.1 Å². The Morgan fingerprint density at radius 2 is 2.06 bits per heavy atom. The van der Waals surface area contributed by atoms with Crippen molar-refractivity contribution in [2.75, 3.05) is 18.1 Å². The Balaban J connectivity index is 2.00. The van der Waals surface area contributed by atoms with Gasteiger partial charge < -0.3 is 16.4 Å². The van der Waals surface area contributed by atoms with Crippen molar-refractivity contribution in [3.8, 4) is 0 Å². The van der Waals surface area contributed by atoms with Gasteiger partial charge in [-0.1, -0.05) is 11.6 Å². The first kappa shape index (κ1) is 23.4. The van der Waals surface area contributed by atoms with E-state index in [-0.39, 0.29) is 16.6 Å². The molecule has 1 unspecified atom stereocenters. The number of hydrogen-bond donors (Lipinski definition) is 4. The number of aromatic nitrogens is 1. The molecular formula is C19H20ClN5O3S3. The van der Waals surface area contributed by atoms with Crippen LogP contribution < -0.4 is 21.1 Å². The highest BCUT2D eigenvalue weighted by Gasteiger charge is 2.35. The molecule has 5 N–H and O–H groups in total. The average molecular weight is 498 g/mol. The van der Waals surface area contributed by atoms with Gasteiger partial charge in [0.1, 0.15) is 5.69 Å². The summed E-state index contributed by atoms with van der Waals surface area (Å²) >= 11 is 12.3. The number of sulfonamides is 1. The zero-order chi connectivity index (χ0) is 22.8. The minimum Gasteiger partial charge on any atom is -0.376 e. The molecule has 0 fully saturated rings. The monoisotopic (exact) mass is 497 g/mol. The van der Waals surface area contributed by atoms with E-state index in [2.05, 4.69) is 20.3 Å². The van der Waals surface area contributed by atoms with Crippen LogP contribution >= 0.6 is 35.2 Å². The second kappa shape index (κ2) is 9.05. The van der Waals surface area contributed by atoms with Crippen LogP contribution in [0.15, 0.2) is 41.9 Å². The van der Waals surface area contributed by atoms with Gasteiger partial charge in [-0.25, -0.2) is 18.1 Å². The molecule has 12 heteroatoms. The fourth-order valence-corrected chi connectivity index (χ4v) is 5.69. The number of nitrogens with one attached hydrogen (secondary N) is 3. The molecule has 1 amide bonds. The predicted molar refractivity (Wildman–Crippen MR) is 129 cm³/mol. The molecule has 0 aliphatic carbocycles. The number of thiocarbonyl (C=S) groups is 1. The van der Waals surface area contributed by atoms with Crippen molar-refractivity contribution in [2.45, 2.75) is 12.5 Å². The van der Waals surface area contributed by atoms with Crippen LogP contribution in [-0.4, -0.2) is 37.2 Å². The van der Waals surface area contributed by atoms with Crippen LogP contribution in [0.4, 0.5) is 5.69 Å². The Kier molecular flexibility index (Phi) is 6.82. The molecule has 0 bridgehead atoms. The summed E-state index contributed by atoms with van der Waals surface area (Å²) in [6.07, 6.45) is 1.39. The lowest BCUT2D eigenvalue weighted by Crippen LogP contribution is -2.51. The lowest BCUT2D eigenvalue weighted by molar-refractivity contribution is 0.102. The first-order chi connectivity index (χ1) is 14.5. The zero-order valence-electron chi connectivity index (χ0n) is 16.6. The second-order valence-corrected chi connectivity index (χ2v) is 10.7. The second-order valence-electron chi connectivity index (χ2n) is 6.96. The summed E-state index contributed by atoms with van der Waals surface area (Å²) in [4.78, 5) is 16.5. The van der Waals surface area contributed by atoms with Crippen LogP contribution in [-0.2, 0) is 15.6 Å². The normalized spacial score (nSPS) is 13.5. The number of thiophene rings is 1. The number of hydrogen-bond acceptors (Lipinski definition) is 6. The van der Waals surface area contributed by atoms with Crippen molar-refractivity contribution in [1.29, 1.82) is 0 Å². The van der Waals surface area contributed by atoms with E-state index < -0.39 is 21.5 Å². The minimum absolute atomic E-state index is 0.0218. The van der Waals surface area contributed by atoms with E-state index in [0.29, 0.717) is 16.3 Å². The molecular weight excluding hydrogens is 478 g/mol. The lowest BCUT2D eigenvalue weighted by Gasteiger charge is -2.31. The van der Waals surface area contributed by atoms with Crippen molar-refractivity contribution in [3.05, 3.63) is 58.2 Å². The number of nitrogens with two attached hydrogens (primary N) is 1. The largest absolute Gasteiger partial charge is 0.376 e. The quantitative estimate of drug-likeness (QED) is 0.370. The highest BCUT2D eigenvalue weighted by Crippen LogP contribution is 2.36. The number of pyridine rings is 1. The molecule has 0 radical (unpaired) electrons. The highest BCUT2D eigenvalue weighted by atomic mass is 35.5. The van der Waals surface area contributed by atoms with E-state index in [1.54, 1.807) is 25.1 Å². The number of benzene rings is 1. The number of carbonyl (C=O) groups excluding carboxylic acids is 1. The van der Waals surface area contributed by atoms with Gasteiger partial charge in [0.25, 0.3) is 5.91 Å². The van der Waals surface area contributed by atoms with Gasteiger partial charge in [0.2, 0.25) is 10.0 Å². The fraction of sp³-hybridized carbons (Fsp3) is 0.211. The Bertz CT molecular complexity index is 1240. The maximum atomic E-state index is 12.5. The Hall–Kier alpha value is -2.31. The van der Waals surface area contributed by atoms with Crippen LogP contribution in [0.3, 0.4) is 0 Å². The Morgan fingerprint density at radius 1 is 1.32 bits per heavy atom. The van der Waals surface area contributed by atoms with E-state index in [9.17, 15) is 13.2 Å². The molecule has 0 aliphatic rings. The van der Waals surface area contributed by atoms with Crippen molar-refractivity contribution >= 4 is 72.0 Å². The van der Waals surface area contributed by atoms with Gasteiger partial charge >= 0.3 is 0 Å². The van der Waals surface area contributed by atoms with Crippen molar-refractivity contribution in [2.24, 2.45) is 5.73 Å². The molecule has 2 heterocycles. The highest BCUT2D eigenvalue weighted by molar-refractivity contribution is 7.89. The third kappa shape index (κ3) is 5.49. The summed E-state index contributed by atoms with van der Waals surface area (Å²) < 4.78 is 27.9. The molecule has 0 saturated heterocycles. The smallest absolute Gasteiger partial charge is 0.274 e. The summed E-state index contributed by atoms with van der Waals surface area (Å²) in [7, 11) is -2.25. The zero-order valence-corrected chi connectivity index (χ0v) is 19.8. The SMILES string of the molecule is CNS(=O)(=O)CC(C)(NC(N)=S)c1csc2ccc(NC(=O)c3ccc(Cl)cn3)cc12. The molecule has 164 valence electrons. The third-order valence-electron chi connectivity index (χ3n) is 4.57. The van der Waals surface area contributed by atoms with Crippen molar-refractivity contribution in [1.82, 2.24) is 15.0 Å². The Morgan fingerprint density at radius 3 is 2.68 bits per heavy atom. The van der Waals surface area contributed by atoms with Crippen LogP contribution in [0.25, 0.3) is 10.1 Å². The molecule has 2 aromatic heterocycles. The van der Waals surface area contributed by atoms with Gasteiger partial charge in [-0.2, -0.15) is 0 Å². The number of rotatable bonds is 7. The number of anilines is 1. The van der Waals surface area contributed by atoms with Gasteiger partial charge in [0.15, 0.2) is 5.11 Å². The standard InChI is InChI=1S/C19H20ClN5O3S3/c1-19(25-18(21)29,10-31(27,28)22-2)14-9-30-16-6-4-12(7-13(14)16)24-17(26)15-5-3-11(20)8-23-15/h3-9,22H,10H2,1-2H3,(H,24,26)(H3,21,25,29). The molecule has 0 saturated carbocycles. The van der Waals surface area contributed by atoms with Gasteiger partial charge in [0.05, 0.1) is 16.3 Å². The first-order valence-corrected chi connectivity index (χ1v) is 12.3. The molecule has 8 nitrogen and oxygen atoms in total. The summed E-state index contributed by atoms with van der Waals surface area (Å²) in [6.45, 7) is 1.71. The number of amides is 1. The number of halogens is 1. The molecule has 0 aliphatic heterocycles. The molecule has 31 heavy (non-hydrogen) atoms. The third-order valence-corrected chi connectivity index (χ3v) is 7.44. The summed E-state index contributed by atoms with van der Waals surface area (Å²) in [5.41, 5.74) is 6.05. The van der Waals surface area contributed by atoms with E-state index in [1.165, 1.54) is 30.6 Å². The maximum absolute atomic E-state index is 12.5. The van der Waals surface area contributed by atoms with E-state index in [1.807, 2.05) is 11.4 Å². The predicted octanol–water partition coefficient (Wildman–Crippen LogP) is 2.80. The molecule has 0 spiro atoms. The van der Waals surface area contributed by atoms with Crippen LogP contribution in [0, 0.1) is 0 Å². The lowest BCUT2D eigenvalue weighted by atomic mass is 9.93. The molecule has 1 atom stereocenters. The van der Waals surface area contributed by atoms with E-state index in [4.69, 9.17) is 29.6 Å². The van der Waals surface area contributed by atoms with Crippen LogP contribution in [0.5, 0.6) is 0 Å². The molecule has 3 rings (SSSR count). The topological polar surface area (TPSA) is 126 Å².